The number of rotatable bonds is 5. The van der Waals surface area contributed by atoms with Crippen molar-refractivity contribution in [3.8, 4) is 11.8 Å². The zero-order valence-corrected chi connectivity index (χ0v) is 16.3. The number of carbonyl (C=O) groups is 1. The molecule has 1 atom stereocenters. The van der Waals surface area contributed by atoms with Crippen molar-refractivity contribution in [3.05, 3.63) is 64.1 Å². The molecule has 0 bridgehead atoms. The third kappa shape index (κ3) is 5.22. The largest absolute Gasteiger partial charge is 0.479 e. The topological polar surface area (TPSA) is 74.6 Å². The van der Waals surface area contributed by atoms with Crippen LogP contribution in [0.15, 0.2) is 53.0 Å². The molecule has 27 heavy (non-hydrogen) atoms. The molecule has 2 amide bonds. The van der Waals surface area contributed by atoms with Crippen LogP contribution in [0.3, 0.4) is 0 Å². The molecule has 3 rings (SSSR count). The number of amides is 2. The van der Waals surface area contributed by atoms with Gasteiger partial charge in [0.2, 0.25) is 0 Å². The summed E-state index contributed by atoms with van der Waals surface area (Å²) in [6.07, 6.45) is -0.150. The Balaban J connectivity index is 1.56. The van der Waals surface area contributed by atoms with Crippen LogP contribution >= 0.6 is 15.9 Å². The van der Waals surface area contributed by atoms with Crippen LogP contribution < -0.4 is 10.1 Å². The second-order valence-electron chi connectivity index (χ2n) is 6.08. The Bertz CT molecular complexity index is 837. The molecule has 1 heterocycles. The van der Waals surface area contributed by atoms with E-state index in [-0.39, 0.29) is 18.7 Å². The van der Waals surface area contributed by atoms with Crippen molar-refractivity contribution in [3.63, 3.8) is 0 Å². The highest BCUT2D eigenvalue weighted by atomic mass is 79.9. The molecule has 0 aliphatic carbocycles. The van der Waals surface area contributed by atoms with E-state index < -0.39 is 0 Å². The molecule has 2 aromatic rings. The molecule has 140 valence electrons. The van der Waals surface area contributed by atoms with Crippen molar-refractivity contribution < 1.29 is 14.3 Å². The van der Waals surface area contributed by atoms with Crippen LogP contribution in [0.5, 0.6) is 5.75 Å². The molecule has 1 N–H and O–H groups in total. The molecule has 2 aromatic carbocycles. The van der Waals surface area contributed by atoms with Gasteiger partial charge >= 0.3 is 6.03 Å². The van der Waals surface area contributed by atoms with E-state index in [4.69, 9.17) is 14.7 Å². The van der Waals surface area contributed by atoms with Crippen molar-refractivity contribution in [2.45, 2.75) is 12.6 Å². The lowest BCUT2D eigenvalue weighted by Gasteiger charge is -2.33. The third-order valence-electron chi connectivity index (χ3n) is 4.25. The fourth-order valence-corrected chi connectivity index (χ4v) is 3.45. The first-order valence-corrected chi connectivity index (χ1v) is 9.44. The number of nitrogens with zero attached hydrogens (tertiary/aromatic N) is 2. The van der Waals surface area contributed by atoms with Crippen LogP contribution in [0.4, 0.5) is 4.79 Å². The summed E-state index contributed by atoms with van der Waals surface area (Å²) in [5.41, 5.74) is 1.95. The number of urea groups is 1. The first-order valence-electron chi connectivity index (χ1n) is 8.65. The van der Waals surface area contributed by atoms with Gasteiger partial charge in [0.25, 0.3) is 0 Å². The Hall–Kier alpha value is -2.56. The highest BCUT2D eigenvalue weighted by Gasteiger charge is 2.26. The number of benzene rings is 2. The van der Waals surface area contributed by atoms with Gasteiger partial charge < -0.3 is 19.7 Å². The monoisotopic (exact) mass is 429 g/mol. The summed E-state index contributed by atoms with van der Waals surface area (Å²) >= 11 is 3.54. The highest BCUT2D eigenvalue weighted by molar-refractivity contribution is 9.10. The van der Waals surface area contributed by atoms with Crippen LogP contribution in [-0.4, -0.2) is 37.2 Å². The van der Waals surface area contributed by atoms with Crippen LogP contribution in [0.2, 0.25) is 0 Å². The maximum atomic E-state index is 12.6. The number of ether oxygens (including phenoxy) is 2. The molecule has 0 saturated carbocycles. The van der Waals surface area contributed by atoms with Gasteiger partial charge in [-0.2, -0.15) is 5.26 Å². The van der Waals surface area contributed by atoms with Gasteiger partial charge in [-0.15, -0.1) is 0 Å². The lowest BCUT2D eigenvalue weighted by atomic mass is 10.1. The van der Waals surface area contributed by atoms with E-state index in [1.54, 1.807) is 11.0 Å². The smallest absolute Gasteiger partial charge is 0.317 e. The minimum absolute atomic E-state index is 0.0000240. The first kappa shape index (κ1) is 19.2. The second kappa shape index (κ2) is 9.40. The fourth-order valence-electron chi connectivity index (χ4n) is 2.91. The van der Waals surface area contributed by atoms with E-state index in [2.05, 4.69) is 21.2 Å². The number of halogens is 1. The predicted octanol–water partition coefficient (Wildman–Crippen LogP) is 3.63. The Morgan fingerprint density at radius 2 is 2.19 bits per heavy atom. The van der Waals surface area contributed by atoms with Gasteiger partial charge in [0.15, 0.2) is 6.61 Å². The Morgan fingerprint density at radius 1 is 1.33 bits per heavy atom. The zero-order chi connectivity index (χ0) is 19.1. The molecule has 6 nitrogen and oxygen atoms in total. The second-order valence-corrected chi connectivity index (χ2v) is 6.93. The maximum absolute atomic E-state index is 12.6. The maximum Gasteiger partial charge on any atom is 0.317 e. The molecule has 1 saturated heterocycles. The number of morpholine rings is 1. The average molecular weight is 430 g/mol. The van der Waals surface area contributed by atoms with Crippen molar-refractivity contribution in [1.82, 2.24) is 10.2 Å². The molecule has 1 unspecified atom stereocenters. The molecule has 1 fully saturated rings. The number of nitriles is 1. The molecule has 0 spiro atoms. The molecule has 1 aliphatic rings. The Kier molecular flexibility index (Phi) is 6.69. The Labute approximate surface area is 166 Å². The van der Waals surface area contributed by atoms with Gasteiger partial charge in [-0.3, -0.25) is 0 Å². The lowest BCUT2D eigenvalue weighted by Crippen LogP contribution is -2.47. The van der Waals surface area contributed by atoms with Gasteiger partial charge in [0, 0.05) is 17.6 Å². The van der Waals surface area contributed by atoms with E-state index in [0.29, 0.717) is 32.0 Å². The van der Waals surface area contributed by atoms with Crippen molar-refractivity contribution in [2.24, 2.45) is 0 Å². The van der Waals surface area contributed by atoms with Gasteiger partial charge in [-0.1, -0.05) is 46.3 Å². The number of hydrogen-bond donors (Lipinski definition) is 1. The molecular formula is C20H20BrN3O3. The molecular weight excluding hydrogens is 410 g/mol. The zero-order valence-electron chi connectivity index (χ0n) is 14.7. The van der Waals surface area contributed by atoms with Crippen LogP contribution in [0.1, 0.15) is 17.2 Å². The molecule has 1 aliphatic heterocycles. The average Bonchev–Trinajstić information content (AvgIpc) is 2.71. The summed E-state index contributed by atoms with van der Waals surface area (Å²) < 4.78 is 12.1. The van der Waals surface area contributed by atoms with Crippen molar-refractivity contribution >= 4 is 22.0 Å². The number of nitrogens with one attached hydrogen (secondary N) is 1. The fraction of sp³-hybridized carbons (Fsp3) is 0.300. The van der Waals surface area contributed by atoms with Gasteiger partial charge in [-0.25, -0.2) is 4.79 Å². The summed E-state index contributed by atoms with van der Waals surface area (Å²) in [6.45, 7) is 1.94. The van der Waals surface area contributed by atoms with Crippen LogP contribution in [-0.2, 0) is 11.3 Å². The van der Waals surface area contributed by atoms with Crippen LogP contribution in [0.25, 0.3) is 0 Å². The quantitative estimate of drug-likeness (QED) is 0.786. The van der Waals surface area contributed by atoms with E-state index in [1.165, 1.54) is 0 Å². The van der Waals surface area contributed by atoms with E-state index in [1.807, 2.05) is 48.5 Å². The summed E-state index contributed by atoms with van der Waals surface area (Å²) in [7, 11) is 0. The SMILES string of the molecule is N#CCOc1cccc(CNC(=O)N2CCOC(c3ccccc3Br)C2)c1. The molecule has 0 aromatic heterocycles. The minimum Gasteiger partial charge on any atom is -0.479 e. The highest BCUT2D eigenvalue weighted by Crippen LogP contribution is 2.28. The normalized spacial score (nSPS) is 16.4. The number of carbonyl (C=O) groups excluding carboxylic acids is 1. The van der Waals surface area contributed by atoms with Gasteiger partial charge in [0.1, 0.15) is 17.9 Å². The lowest BCUT2D eigenvalue weighted by molar-refractivity contribution is -0.0158. The predicted molar refractivity (Wildman–Crippen MR) is 104 cm³/mol. The summed E-state index contributed by atoms with van der Waals surface area (Å²) in [6, 6.07) is 17.1. The third-order valence-corrected chi connectivity index (χ3v) is 4.97. The van der Waals surface area contributed by atoms with Gasteiger partial charge in [0.05, 0.1) is 13.2 Å². The summed E-state index contributed by atoms with van der Waals surface area (Å²) in [5.74, 6) is 0.615. The van der Waals surface area contributed by atoms with Gasteiger partial charge in [-0.05, 0) is 29.3 Å². The first-order chi connectivity index (χ1) is 13.2. The van der Waals surface area contributed by atoms with E-state index >= 15 is 0 Å². The van der Waals surface area contributed by atoms with Crippen molar-refractivity contribution in [1.29, 1.82) is 5.26 Å². The standard InChI is InChI=1S/C20H20BrN3O3/c21-18-7-2-1-6-17(18)19-14-24(9-11-27-19)20(25)23-13-15-4-3-5-16(12-15)26-10-8-22/h1-7,12,19H,9-11,13-14H2,(H,23,25). The molecule has 7 heteroatoms. The summed E-state index contributed by atoms with van der Waals surface area (Å²) in [4.78, 5) is 14.3. The van der Waals surface area contributed by atoms with Crippen molar-refractivity contribution in [2.75, 3.05) is 26.3 Å². The Morgan fingerprint density at radius 3 is 3.00 bits per heavy atom. The van der Waals surface area contributed by atoms with Crippen LogP contribution in [0, 0.1) is 11.3 Å². The van der Waals surface area contributed by atoms with E-state index in [9.17, 15) is 4.79 Å². The van der Waals surface area contributed by atoms with E-state index in [0.717, 1.165) is 15.6 Å². The molecule has 0 radical (unpaired) electrons. The summed E-state index contributed by atoms with van der Waals surface area (Å²) in [5, 5.41) is 11.5. The minimum atomic E-state index is -0.150. The number of hydrogen-bond acceptors (Lipinski definition) is 4.